The Balaban J connectivity index is 1.79. The normalized spacial score (nSPS) is 13.8. The van der Waals surface area contributed by atoms with Gasteiger partial charge in [-0.25, -0.2) is 0 Å². The van der Waals surface area contributed by atoms with Crippen LogP contribution in [0.2, 0.25) is 0 Å². The number of carbonyl (C=O) groups is 2. The molecular formula is C31H45N3O5. The monoisotopic (exact) mass is 539 g/mol. The van der Waals surface area contributed by atoms with Crippen LogP contribution >= 0.6 is 0 Å². The van der Waals surface area contributed by atoms with Crippen LogP contribution in [-0.4, -0.2) is 66.9 Å². The molecule has 0 saturated carbocycles. The van der Waals surface area contributed by atoms with Crippen molar-refractivity contribution in [1.82, 2.24) is 15.5 Å². The van der Waals surface area contributed by atoms with Crippen molar-refractivity contribution in [3.63, 3.8) is 0 Å². The first-order chi connectivity index (χ1) is 18.7. The number of aliphatic hydroxyl groups is 1. The Labute approximate surface area is 233 Å². The average molecular weight is 540 g/mol. The van der Waals surface area contributed by atoms with Gasteiger partial charge >= 0.3 is 0 Å². The van der Waals surface area contributed by atoms with Crippen LogP contribution in [0.3, 0.4) is 0 Å². The van der Waals surface area contributed by atoms with E-state index in [9.17, 15) is 14.7 Å². The zero-order chi connectivity index (χ0) is 28.4. The third-order valence-corrected chi connectivity index (χ3v) is 6.79. The molecule has 214 valence electrons. The van der Waals surface area contributed by atoms with Gasteiger partial charge in [-0.3, -0.25) is 9.59 Å². The van der Waals surface area contributed by atoms with E-state index >= 15 is 0 Å². The van der Waals surface area contributed by atoms with Crippen molar-refractivity contribution in [3.05, 3.63) is 58.7 Å². The van der Waals surface area contributed by atoms with Gasteiger partial charge in [0.05, 0.1) is 12.1 Å². The van der Waals surface area contributed by atoms with Crippen LogP contribution < -0.4 is 20.1 Å². The predicted octanol–water partition coefficient (Wildman–Crippen LogP) is 4.32. The van der Waals surface area contributed by atoms with E-state index in [1.165, 1.54) is 0 Å². The molecular weight excluding hydrogens is 494 g/mol. The summed E-state index contributed by atoms with van der Waals surface area (Å²) in [6.45, 7) is 13.0. The third kappa shape index (κ3) is 8.97. The Bertz CT molecular complexity index is 1100. The number of aliphatic hydroxyl groups excluding tert-OH is 1. The fourth-order valence-corrected chi connectivity index (χ4v) is 4.71. The van der Waals surface area contributed by atoms with Crippen molar-refractivity contribution in [2.75, 3.05) is 33.0 Å². The number of nitrogens with one attached hydrogen (secondary N) is 2. The van der Waals surface area contributed by atoms with Crippen LogP contribution in [0.4, 0.5) is 0 Å². The lowest BCUT2D eigenvalue weighted by Crippen LogP contribution is -2.49. The van der Waals surface area contributed by atoms with Crippen LogP contribution in [0, 0.1) is 12.8 Å². The highest BCUT2D eigenvalue weighted by molar-refractivity contribution is 6.00. The molecule has 1 aliphatic rings. The van der Waals surface area contributed by atoms with Crippen LogP contribution in [0.25, 0.3) is 0 Å². The van der Waals surface area contributed by atoms with Crippen LogP contribution in [0.5, 0.6) is 11.5 Å². The van der Waals surface area contributed by atoms with Gasteiger partial charge in [-0.05, 0) is 86.5 Å². The highest BCUT2D eigenvalue weighted by atomic mass is 16.7. The highest BCUT2D eigenvalue weighted by Gasteiger charge is 2.25. The minimum Gasteiger partial charge on any atom is -0.454 e. The van der Waals surface area contributed by atoms with E-state index in [0.29, 0.717) is 54.6 Å². The summed E-state index contributed by atoms with van der Waals surface area (Å²) in [5.74, 6) is 1.52. The fraction of sp³-hybridized carbons (Fsp3) is 0.548. The zero-order valence-electron chi connectivity index (χ0n) is 24.1. The molecule has 0 unspecified atom stereocenters. The molecule has 0 aliphatic carbocycles. The Hall–Kier alpha value is -3.10. The summed E-state index contributed by atoms with van der Waals surface area (Å²) in [5, 5.41) is 17.5. The maximum Gasteiger partial charge on any atom is 0.253 e. The summed E-state index contributed by atoms with van der Waals surface area (Å²) in [6, 6.07) is 10.4. The summed E-state index contributed by atoms with van der Waals surface area (Å²) in [4.78, 5) is 28.6. The Morgan fingerprint density at radius 3 is 2.38 bits per heavy atom. The molecule has 0 aromatic heterocycles. The Morgan fingerprint density at radius 1 is 1.00 bits per heavy atom. The molecule has 0 saturated heterocycles. The first-order valence-electron chi connectivity index (χ1n) is 14.2. The van der Waals surface area contributed by atoms with Gasteiger partial charge in [0.1, 0.15) is 0 Å². The number of carbonyl (C=O) groups excluding carboxylic acids is 2. The topological polar surface area (TPSA) is 100 Å². The van der Waals surface area contributed by atoms with Gasteiger partial charge < -0.3 is 30.1 Å². The van der Waals surface area contributed by atoms with E-state index in [0.717, 1.165) is 36.9 Å². The van der Waals surface area contributed by atoms with Gasteiger partial charge in [0.25, 0.3) is 11.8 Å². The largest absolute Gasteiger partial charge is 0.454 e. The summed E-state index contributed by atoms with van der Waals surface area (Å²) in [5.41, 5.74) is 2.66. The van der Waals surface area contributed by atoms with Gasteiger partial charge in [0.2, 0.25) is 6.79 Å². The van der Waals surface area contributed by atoms with E-state index in [2.05, 4.69) is 24.5 Å². The molecule has 2 aromatic rings. The first-order valence-corrected chi connectivity index (χ1v) is 14.2. The molecule has 39 heavy (non-hydrogen) atoms. The van der Waals surface area contributed by atoms with Crippen LogP contribution in [-0.2, 0) is 6.42 Å². The summed E-state index contributed by atoms with van der Waals surface area (Å²) in [7, 11) is 0. The van der Waals surface area contributed by atoms with E-state index in [4.69, 9.17) is 9.47 Å². The minimum atomic E-state index is -0.818. The van der Waals surface area contributed by atoms with E-state index in [1.807, 2.05) is 49.9 Å². The molecule has 3 rings (SSSR count). The maximum atomic E-state index is 13.5. The summed E-state index contributed by atoms with van der Waals surface area (Å²) >= 11 is 0. The van der Waals surface area contributed by atoms with Gasteiger partial charge in [0.15, 0.2) is 11.5 Å². The lowest BCUT2D eigenvalue weighted by molar-refractivity contribution is 0.0755. The minimum absolute atomic E-state index is 0.0669. The molecule has 2 aromatic carbocycles. The quantitative estimate of drug-likeness (QED) is 0.292. The van der Waals surface area contributed by atoms with Gasteiger partial charge in [-0.1, -0.05) is 33.8 Å². The van der Waals surface area contributed by atoms with Crippen molar-refractivity contribution < 1.29 is 24.2 Å². The number of aryl methyl sites for hydroxylation is 1. The van der Waals surface area contributed by atoms with Crippen LogP contribution in [0.15, 0.2) is 36.4 Å². The molecule has 3 N–H and O–H groups in total. The van der Waals surface area contributed by atoms with E-state index in [-0.39, 0.29) is 18.6 Å². The number of hydrogen-bond acceptors (Lipinski definition) is 6. The zero-order valence-corrected chi connectivity index (χ0v) is 24.1. The molecule has 2 atom stereocenters. The number of benzene rings is 2. The molecule has 0 fully saturated rings. The fourth-order valence-electron chi connectivity index (χ4n) is 4.71. The van der Waals surface area contributed by atoms with Gasteiger partial charge in [0, 0.05) is 30.8 Å². The molecule has 8 heteroatoms. The number of amides is 2. The first kappa shape index (κ1) is 30.4. The molecule has 1 heterocycles. The van der Waals surface area contributed by atoms with Crippen molar-refractivity contribution in [1.29, 1.82) is 0 Å². The number of rotatable bonds is 15. The van der Waals surface area contributed by atoms with Crippen molar-refractivity contribution in [2.45, 2.75) is 72.4 Å². The second-order valence-corrected chi connectivity index (χ2v) is 10.8. The molecule has 8 nitrogen and oxygen atoms in total. The molecule has 1 aliphatic heterocycles. The highest BCUT2D eigenvalue weighted by Crippen LogP contribution is 2.33. The number of ether oxygens (including phenoxy) is 2. The van der Waals surface area contributed by atoms with Crippen molar-refractivity contribution in [2.24, 2.45) is 5.92 Å². The number of fused-ring (bicyclic) bond motifs is 1. The predicted molar refractivity (Wildman–Crippen MR) is 154 cm³/mol. The lowest BCUT2D eigenvalue weighted by atomic mass is 9.99. The second kappa shape index (κ2) is 14.9. The summed E-state index contributed by atoms with van der Waals surface area (Å²) in [6.07, 6.45) is 2.33. The van der Waals surface area contributed by atoms with Gasteiger partial charge in [-0.15, -0.1) is 0 Å². The number of hydrogen-bond donors (Lipinski definition) is 3. The SMILES string of the molecule is CCCN(CCC)C(=O)c1cc(C)cc(C(=O)N[C@@H](Cc2ccc3c(c2)OCO3)[C@H](O)CNCCC(C)C)c1. The maximum absolute atomic E-state index is 13.5. The number of nitrogens with zero attached hydrogens (tertiary/aromatic N) is 1. The van der Waals surface area contributed by atoms with Crippen molar-refractivity contribution >= 4 is 11.8 Å². The standard InChI is InChI=1S/C31H45N3O5/c1-6-12-34(13-7-2)31(37)25-15-22(5)14-24(18-25)30(36)33-26(27(35)19-32-11-10-21(3)4)16-23-8-9-28-29(17-23)39-20-38-28/h8-9,14-15,17-18,21,26-27,32,35H,6-7,10-13,16,19-20H2,1-5H3,(H,33,36)/t26-,27+/m0/s1. The van der Waals surface area contributed by atoms with E-state index < -0.39 is 12.1 Å². The molecule has 0 bridgehead atoms. The summed E-state index contributed by atoms with van der Waals surface area (Å²) < 4.78 is 10.9. The van der Waals surface area contributed by atoms with E-state index in [1.54, 1.807) is 12.1 Å². The molecule has 0 spiro atoms. The van der Waals surface area contributed by atoms with Crippen LogP contribution in [0.1, 0.15) is 78.8 Å². The Kier molecular flexibility index (Phi) is 11.6. The molecule has 0 radical (unpaired) electrons. The second-order valence-electron chi connectivity index (χ2n) is 10.8. The molecule has 2 amide bonds. The average Bonchev–Trinajstić information content (AvgIpc) is 3.37. The lowest BCUT2D eigenvalue weighted by Gasteiger charge is -2.25. The van der Waals surface area contributed by atoms with Gasteiger partial charge in [-0.2, -0.15) is 0 Å². The Morgan fingerprint density at radius 2 is 1.69 bits per heavy atom. The van der Waals surface area contributed by atoms with Crippen molar-refractivity contribution in [3.8, 4) is 11.5 Å². The third-order valence-electron chi connectivity index (χ3n) is 6.79. The smallest absolute Gasteiger partial charge is 0.253 e.